The van der Waals surface area contributed by atoms with Crippen LogP contribution in [0.4, 0.5) is 10.1 Å². The van der Waals surface area contributed by atoms with Gasteiger partial charge in [0.05, 0.1) is 5.56 Å². The molecule has 1 aromatic rings. The van der Waals surface area contributed by atoms with Crippen LogP contribution in [0.3, 0.4) is 0 Å². The molecule has 0 heterocycles. The van der Waals surface area contributed by atoms with Crippen LogP contribution < -0.4 is 5.12 Å². The number of carbonyl (C=O) groups is 1. The monoisotopic (exact) mass is 239 g/mol. The van der Waals surface area contributed by atoms with Crippen molar-refractivity contribution in [1.82, 2.24) is 0 Å². The van der Waals surface area contributed by atoms with Crippen molar-refractivity contribution in [3.63, 3.8) is 0 Å². The second-order valence-corrected chi connectivity index (χ2v) is 2.51. The summed E-state index contributed by atoms with van der Waals surface area (Å²) in [4.78, 5) is 10.8. The lowest BCUT2D eigenvalue weighted by Gasteiger charge is -2.14. The zero-order chi connectivity index (χ0) is 13.4. The Morgan fingerprint density at radius 2 is 1.88 bits per heavy atom. The van der Waals surface area contributed by atoms with Gasteiger partial charge in [0, 0.05) is 13.4 Å². The summed E-state index contributed by atoms with van der Waals surface area (Å²) in [5.74, 6) is -2.03. The summed E-state index contributed by atoms with van der Waals surface area (Å²) in [6.45, 7) is 10.3. The van der Waals surface area contributed by atoms with Crippen molar-refractivity contribution in [2.24, 2.45) is 10.2 Å². The number of benzene rings is 1. The molecule has 0 fully saturated rings. The summed E-state index contributed by atoms with van der Waals surface area (Å²) in [6, 6.07) is 3.63. The molecule has 0 atom stereocenters. The molecule has 0 saturated heterocycles. The van der Waals surface area contributed by atoms with E-state index in [9.17, 15) is 9.18 Å². The van der Waals surface area contributed by atoms with Gasteiger partial charge in [-0.15, -0.1) is 5.12 Å². The highest BCUT2D eigenvalue weighted by Gasteiger charge is 2.18. The summed E-state index contributed by atoms with van der Waals surface area (Å²) in [6.07, 6.45) is 0. The van der Waals surface area contributed by atoms with Crippen LogP contribution in [0, 0.1) is 5.82 Å². The third kappa shape index (κ3) is 3.37. The maximum Gasteiger partial charge on any atom is 0.338 e. The number of hydrogen-bond donors (Lipinski definition) is 1. The summed E-state index contributed by atoms with van der Waals surface area (Å²) < 4.78 is 13.4. The third-order valence-electron chi connectivity index (χ3n) is 1.69. The van der Waals surface area contributed by atoms with Crippen LogP contribution in [-0.4, -0.2) is 24.5 Å². The fourth-order valence-electron chi connectivity index (χ4n) is 1.08. The maximum atomic E-state index is 13.4. The minimum Gasteiger partial charge on any atom is -0.478 e. The van der Waals surface area contributed by atoms with Gasteiger partial charge in [-0.3, -0.25) is 0 Å². The van der Waals surface area contributed by atoms with Gasteiger partial charge in [0.15, 0.2) is 5.82 Å². The topological polar surface area (TPSA) is 65.3 Å². The Kier molecular flexibility index (Phi) is 6.17. The molecule has 0 spiro atoms. The Morgan fingerprint density at radius 3 is 2.29 bits per heavy atom. The molecule has 6 heteroatoms. The van der Waals surface area contributed by atoms with Crippen LogP contribution in [-0.2, 0) is 0 Å². The second-order valence-electron chi connectivity index (χ2n) is 2.51. The van der Waals surface area contributed by atoms with E-state index in [1.54, 1.807) is 0 Å². The lowest BCUT2D eigenvalue weighted by molar-refractivity contribution is 0.0697. The van der Waals surface area contributed by atoms with E-state index in [1.807, 2.05) is 13.8 Å². The van der Waals surface area contributed by atoms with Crippen molar-refractivity contribution in [3.05, 3.63) is 29.6 Å². The number of rotatable bonds is 4. The zero-order valence-corrected chi connectivity index (χ0v) is 9.72. The number of carboxylic acid groups (broad SMARTS) is 1. The Hall–Kier alpha value is -2.24. The van der Waals surface area contributed by atoms with E-state index in [4.69, 9.17) is 5.11 Å². The first-order valence-corrected chi connectivity index (χ1v) is 4.87. The smallest absolute Gasteiger partial charge is 0.338 e. The Morgan fingerprint density at radius 1 is 1.35 bits per heavy atom. The molecular weight excluding hydrogens is 225 g/mol. The van der Waals surface area contributed by atoms with Crippen molar-refractivity contribution in [2.75, 3.05) is 5.12 Å². The predicted octanol–water partition coefficient (Wildman–Crippen LogP) is 2.59. The first-order chi connectivity index (χ1) is 8.11. The van der Waals surface area contributed by atoms with Crippen LogP contribution in [0.2, 0.25) is 0 Å². The first kappa shape index (κ1) is 14.8. The van der Waals surface area contributed by atoms with Gasteiger partial charge in [-0.05, 0) is 12.1 Å². The van der Waals surface area contributed by atoms with E-state index in [0.717, 1.165) is 11.2 Å². The summed E-state index contributed by atoms with van der Waals surface area (Å²) >= 11 is 0. The molecule has 1 N–H and O–H groups in total. The molecule has 0 aliphatic heterocycles. The molecule has 0 amide bonds. The van der Waals surface area contributed by atoms with Gasteiger partial charge in [-0.2, -0.15) is 10.2 Å². The van der Waals surface area contributed by atoms with E-state index < -0.39 is 11.8 Å². The van der Waals surface area contributed by atoms with Crippen LogP contribution in [0.15, 0.2) is 28.4 Å². The second kappa shape index (κ2) is 7.10. The fraction of sp³-hybridized carbons (Fsp3) is 0.182. The van der Waals surface area contributed by atoms with Crippen LogP contribution >= 0.6 is 0 Å². The normalized spacial score (nSPS) is 8.65. The van der Waals surface area contributed by atoms with Gasteiger partial charge >= 0.3 is 5.97 Å². The number of hydrazone groups is 2. The van der Waals surface area contributed by atoms with Crippen molar-refractivity contribution < 1.29 is 14.3 Å². The van der Waals surface area contributed by atoms with Gasteiger partial charge in [-0.1, -0.05) is 19.9 Å². The molecule has 1 rings (SSSR count). The predicted molar refractivity (Wildman–Crippen MR) is 66.3 cm³/mol. The average molecular weight is 239 g/mol. The number of nitrogens with zero attached hydrogens (tertiary/aromatic N) is 3. The molecule has 0 aliphatic carbocycles. The lowest BCUT2D eigenvalue weighted by atomic mass is 10.2. The molecule has 0 radical (unpaired) electrons. The number of anilines is 1. The molecule has 1 aromatic carbocycles. The Balaban J connectivity index is 0.00000121. The van der Waals surface area contributed by atoms with Crippen molar-refractivity contribution in [1.29, 1.82) is 0 Å². The maximum absolute atomic E-state index is 13.4. The standard InChI is InChI=1S/C9H8FN3O2.C2H6/c1-11-13(12-2)8-6(9(14)15)4-3-5-7(8)10;1-2/h3-5H,1-2H2,(H,14,15);1-2H3. The van der Waals surface area contributed by atoms with E-state index in [1.165, 1.54) is 12.1 Å². The van der Waals surface area contributed by atoms with Crippen LogP contribution in [0.25, 0.3) is 0 Å². The van der Waals surface area contributed by atoms with Crippen molar-refractivity contribution in [2.45, 2.75) is 13.8 Å². The molecule has 17 heavy (non-hydrogen) atoms. The number of hydrogen-bond acceptors (Lipinski definition) is 4. The highest BCUT2D eigenvalue weighted by molar-refractivity contribution is 5.94. The van der Waals surface area contributed by atoms with Crippen LogP contribution in [0.1, 0.15) is 24.2 Å². The summed E-state index contributed by atoms with van der Waals surface area (Å²) in [7, 11) is 0. The third-order valence-corrected chi connectivity index (χ3v) is 1.69. The average Bonchev–Trinajstić information content (AvgIpc) is 2.34. The molecular formula is C11H14FN3O2. The molecule has 0 unspecified atom stereocenters. The minimum atomic E-state index is -1.28. The van der Waals surface area contributed by atoms with Crippen LogP contribution in [0.5, 0.6) is 0 Å². The lowest BCUT2D eigenvalue weighted by Crippen LogP contribution is -2.13. The van der Waals surface area contributed by atoms with Gasteiger partial charge < -0.3 is 5.11 Å². The molecule has 92 valence electrons. The number of carboxylic acids is 1. The number of para-hydroxylation sites is 1. The van der Waals surface area contributed by atoms with Crippen molar-refractivity contribution in [3.8, 4) is 0 Å². The Bertz CT molecular complexity index is 413. The van der Waals surface area contributed by atoms with Crippen molar-refractivity contribution >= 4 is 25.1 Å². The molecule has 5 nitrogen and oxygen atoms in total. The molecule has 0 aliphatic rings. The quantitative estimate of drug-likeness (QED) is 0.648. The van der Waals surface area contributed by atoms with E-state index in [2.05, 4.69) is 23.6 Å². The van der Waals surface area contributed by atoms with E-state index in [-0.39, 0.29) is 11.3 Å². The van der Waals surface area contributed by atoms with E-state index in [0.29, 0.717) is 0 Å². The minimum absolute atomic E-state index is 0.255. The fourth-order valence-corrected chi connectivity index (χ4v) is 1.08. The molecule has 0 aromatic heterocycles. The number of aromatic carboxylic acids is 1. The SMILES string of the molecule is C=NN(N=C)c1c(F)cccc1C(=O)O.CC. The number of halogens is 1. The summed E-state index contributed by atoms with van der Waals surface area (Å²) in [5.41, 5.74) is -0.537. The van der Waals surface area contributed by atoms with Gasteiger partial charge in [0.1, 0.15) is 5.69 Å². The van der Waals surface area contributed by atoms with E-state index >= 15 is 0 Å². The largest absolute Gasteiger partial charge is 0.478 e. The highest BCUT2D eigenvalue weighted by Crippen LogP contribution is 2.24. The first-order valence-electron chi connectivity index (χ1n) is 4.87. The molecule has 0 bridgehead atoms. The zero-order valence-electron chi connectivity index (χ0n) is 9.72. The van der Waals surface area contributed by atoms with Gasteiger partial charge in [-0.25, -0.2) is 9.18 Å². The summed E-state index contributed by atoms with van der Waals surface area (Å²) in [5, 5.41) is 16.2. The highest BCUT2D eigenvalue weighted by atomic mass is 19.1. The Labute approximate surface area is 98.9 Å². The van der Waals surface area contributed by atoms with Gasteiger partial charge in [0.2, 0.25) is 0 Å². The molecule has 0 saturated carbocycles. The van der Waals surface area contributed by atoms with Gasteiger partial charge in [0.25, 0.3) is 0 Å².